The lowest BCUT2D eigenvalue weighted by Crippen LogP contribution is -2.36. The molecule has 1 saturated heterocycles. The fraction of sp³-hybridized carbons (Fsp3) is 0.351. The number of methoxy groups -OCH3 is 2. The number of benzene rings is 2. The van der Waals surface area contributed by atoms with Gasteiger partial charge in [0.2, 0.25) is 11.8 Å². The second-order valence-electron chi connectivity index (χ2n) is 12.1. The minimum absolute atomic E-state index is 0.0933. The van der Waals surface area contributed by atoms with Crippen molar-refractivity contribution in [2.45, 2.75) is 64.9 Å². The summed E-state index contributed by atoms with van der Waals surface area (Å²) in [6, 6.07) is 16.8. The van der Waals surface area contributed by atoms with Gasteiger partial charge < -0.3 is 30.2 Å². The number of carbonyl (C=O) groups excluding carboxylic acids is 2. The van der Waals surface area contributed by atoms with E-state index in [0.29, 0.717) is 64.7 Å². The molecule has 3 heterocycles. The van der Waals surface area contributed by atoms with Gasteiger partial charge in [0.1, 0.15) is 11.8 Å². The third kappa shape index (κ3) is 8.69. The van der Waals surface area contributed by atoms with Crippen LogP contribution in [0.3, 0.4) is 0 Å². The van der Waals surface area contributed by atoms with Crippen molar-refractivity contribution >= 4 is 35.1 Å². The SMILES string of the molecule is COc1cc(-c2nccc(-c3cccc(-c4ccc(CNC[C@@H]5CCC(=O)N5)c(OC)n4)c3Cl)c2Cl)ccc1CNC(C)C(=O)OC(C)C. The first-order valence-corrected chi connectivity index (χ1v) is 16.9. The number of hydrogen-bond donors (Lipinski definition) is 3. The first-order chi connectivity index (χ1) is 23.6. The maximum atomic E-state index is 12.2. The molecule has 1 fully saturated rings. The third-order valence-corrected chi connectivity index (χ3v) is 9.03. The first kappa shape index (κ1) is 36.1. The van der Waals surface area contributed by atoms with Crippen LogP contribution in [0.2, 0.25) is 10.0 Å². The monoisotopic (exact) mass is 705 g/mol. The van der Waals surface area contributed by atoms with Crippen LogP contribution in [-0.2, 0) is 27.4 Å². The average molecular weight is 707 g/mol. The molecule has 5 rings (SSSR count). The number of hydrogen-bond acceptors (Lipinski definition) is 9. The van der Waals surface area contributed by atoms with Crippen molar-refractivity contribution < 1.29 is 23.8 Å². The predicted octanol–water partition coefficient (Wildman–Crippen LogP) is 6.60. The van der Waals surface area contributed by atoms with Gasteiger partial charge in [-0.1, -0.05) is 59.6 Å². The van der Waals surface area contributed by atoms with Crippen LogP contribution >= 0.6 is 23.2 Å². The van der Waals surface area contributed by atoms with Crippen LogP contribution in [0.5, 0.6) is 11.6 Å². The second-order valence-corrected chi connectivity index (χ2v) is 12.9. The maximum absolute atomic E-state index is 12.2. The molecule has 1 unspecified atom stereocenters. The Kier molecular flexibility index (Phi) is 12.1. The van der Waals surface area contributed by atoms with Gasteiger partial charge in [-0.05, 0) is 45.4 Å². The highest BCUT2D eigenvalue weighted by atomic mass is 35.5. The Balaban J connectivity index is 1.36. The van der Waals surface area contributed by atoms with Gasteiger partial charge in [0, 0.05) is 71.7 Å². The molecular formula is C37H41Cl2N5O5. The largest absolute Gasteiger partial charge is 0.496 e. The Morgan fingerprint density at radius 1 is 0.959 bits per heavy atom. The van der Waals surface area contributed by atoms with Crippen LogP contribution in [-0.4, -0.2) is 60.8 Å². The van der Waals surface area contributed by atoms with Gasteiger partial charge in [-0.2, -0.15) is 0 Å². The van der Waals surface area contributed by atoms with Gasteiger partial charge in [-0.3, -0.25) is 14.6 Å². The molecule has 10 nitrogen and oxygen atoms in total. The molecule has 2 aromatic carbocycles. The van der Waals surface area contributed by atoms with Crippen LogP contribution in [0.1, 0.15) is 44.7 Å². The summed E-state index contributed by atoms with van der Waals surface area (Å²) >= 11 is 14.1. The molecule has 0 spiro atoms. The zero-order valence-electron chi connectivity index (χ0n) is 28.2. The molecule has 0 radical (unpaired) electrons. The van der Waals surface area contributed by atoms with Crippen molar-refractivity contribution in [2.24, 2.45) is 0 Å². The van der Waals surface area contributed by atoms with Crippen molar-refractivity contribution in [3.63, 3.8) is 0 Å². The molecule has 49 heavy (non-hydrogen) atoms. The number of aromatic nitrogens is 2. The first-order valence-electron chi connectivity index (χ1n) is 16.2. The summed E-state index contributed by atoms with van der Waals surface area (Å²) in [5.74, 6) is 0.898. The number of amides is 1. The minimum Gasteiger partial charge on any atom is -0.496 e. The summed E-state index contributed by atoms with van der Waals surface area (Å²) < 4.78 is 16.6. The van der Waals surface area contributed by atoms with Gasteiger partial charge in [0.15, 0.2) is 0 Å². The summed E-state index contributed by atoms with van der Waals surface area (Å²) in [5, 5.41) is 10.5. The molecule has 0 aliphatic carbocycles. The standard InChI is InChI=1S/C37H41Cl2N5O5/c1-21(2)49-37(46)22(3)42-19-24-10-9-23(17-31(24)47-4)35-34(39)28(15-16-41-35)27-7-6-8-29(33(27)38)30-13-11-25(36(44-30)48-5)18-40-20-26-12-14-32(45)43-26/h6-11,13,15-17,21-22,26,40,42H,12,14,18-20H2,1-5H3,(H,43,45)/t22?,26-/m0/s1. The van der Waals surface area contributed by atoms with Crippen LogP contribution in [0.15, 0.2) is 60.8 Å². The second kappa shape index (κ2) is 16.5. The summed E-state index contributed by atoms with van der Waals surface area (Å²) in [6.07, 6.45) is 2.91. The lowest BCUT2D eigenvalue weighted by Gasteiger charge is -2.17. The molecule has 2 aromatic heterocycles. The number of halogens is 2. The van der Waals surface area contributed by atoms with Gasteiger partial charge in [-0.25, -0.2) is 4.98 Å². The van der Waals surface area contributed by atoms with E-state index in [1.165, 1.54) is 0 Å². The summed E-state index contributed by atoms with van der Waals surface area (Å²) in [7, 11) is 3.19. The normalized spacial score (nSPS) is 14.9. The molecule has 1 aliphatic rings. The summed E-state index contributed by atoms with van der Waals surface area (Å²) in [5.41, 5.74) is 5.92. The van der Waals surface area contributed by atoms with Crippen molar-refractivity contribution in [3.8, 4) is 45.3 Å². The number of nitrogens with zero attached hydrogens (tertiary/aromatic N) is 2. The van der Waals surface area contributed by atoms with E-state index in [0.717, 1.165) is 34.2 Å². The van der Waals surface area contributed by atoms with Crippen LogP contribution in [0.4, 0.5) is 0 Å². The molecule has 0 saturated carbocycles. The zero-order valence-corrected chi connectivity index (χ0v) is 29.7. The topological polar surface area (TPSA) is 124 Å². The lowest BCUT2D eigenvalue weighted by molar-refractivity contribution is -0.149. The molecule has 4 aromatic rings. The highest BCUT2D eigenvalue weighted by molar-refractivity contribution is 6.39. The quantitative estimate of drug-likeness (QED) is 0.125. The van der Waals surface area contributed by atoms with Crippen LogP contribution in [0.25, 0.3) is 33.6 Å². The fourth-order valence-electron chi connectivity index (χ4n) is 5.65. The van der Waals surface area contributed by atoms with E-state index < -0.39 is 6.04 Å². The molecule has 2 atom stereocenters. The Hall–Kier alpha value is -4.22. The van der Waals surface area contributed by atoms with Gasteiger partial charge in [-0.15, -0.1) is 0 Å². The summed E-state index contributed by atoms with van der Waals surface area (Å²) in [6.45, 7) is 7.02. The maximum Gasteiger partial charge on any atom is 0.323 e. The van der Waals surface area contributed by atoms with E-state index in [-0.39, 0.29) is 24.0 Å². The summed E-state index contributed by atoms with van der Waals surface area (Å²) in [4.78, 5) is 33.1. The number of rotatable bonds is 14. The Morgan fingerprint density at radius 3 is 2.43 bits per heavy atom. The van der Waals surface area contributed by atoms with E-state index >= 15 is 0 Å². The van der Waals surface area contributed by atoms with E-state index in [1.807, 2.05) is 68.4 Å². The Labute approximate surface area is 296 Å². The van der Waals surface area contributed by atoms with Crippen molar-refractivity contribution in [1.29, 1.82) is 0 Å². The number of nitrogens with one attached hydrogen (secondary N) is 3. The van der Waals surface area contributed by atoms with Crippen molar-refractivity contribution in [1.82, 2.24) is 25.9 Å². The zero-order chi connectivity index (χ0) is 35.1. The van der Waals surface area contributed by atoms with Crippen molar-refractivity contribution in [2.75, 3.05) is 20.8 Å². The van der Waals surface area contributed by atoms with Gasteiger partial charge >= 0.3 is 5.97 Å². The van der Waals surface area contributed by atoms with Gasteiger partial charge in [0.25, 0.3) is 0 Å². The third-order valence-electron chi connectivity index (χ3n) is 8.24. The van der Waals surface area contributed by atoms with E-state index in [9.17, 15) is 9.59 Å². The molecule has 1 amide bonds. The highest BCUT2D eigenvalue weighted by Gasteiger charge is 2.22. The van der Waals surface area contributed by atoms with Crippen LogP contribution in [0, 0.1) is 0 Å². The Morgan fingerprint density at radius 2 is 1.71 bits per heavy atom. The fourth-order valence-corrected chi connectivity index (χ4v) is 6.30. The molecule has 1 aliphatic heterocycles. The van der Waals surface area contributed by atoms with Crippen LogP contribution < -0.4 is 25.4 Å². The smallest absolute Gasteiger partial charge is 0.323 e. The lowest BCUT2D eigenvalue weighted by atomic mass is 9.99. The Bertz CT molecular complexity index is 1820. The molecule has 0 bridgehead atoms. The average Bonchev–Trinajstić information content (AvgIpc) is 3.51. The number of carbonyl (C=O) groups is 2. The number of ether oxygens (including phenoxy) is 3. The predicted molar refractivity (Wildman–Crippen MR) is 192 cm³/mol. The van der Waals surface area contributed by atoms with Crippen molar-refractivity contribution in [3.05, 3.63) is 82.0 Å². The molecule has 12 heteroatoms. The van der Waals surface area contributed by atoms with E-state index in [4.69, 9.17) is 42.4 Å². The van der Waals surface area contributed by atoms with Gasteiger partial charge in [0.05, 0.1) is 41.8 Å². The number of esters is 1. The van der Waals surface area contributed by atoms with E-state index in [1.54, 1.807) is 27.3 Å². The molecular weight excluding hydrogens is 665 g/mol. The minimum atomic E-state index is -0.482. The molecule has 3 N–H and O–H groups in total. The highest BCUT2D eigenvalue weighted by Crippen LogP contribution is 2.42. The molecule has 258 valence electrons. The van der Waals surface area contributed by atoms with E-state index in [2.05, 4.69) is 20.9 Å². The number of pyridine rings is 2.